The summed E-state index contributed by atoms with van der Waals surface area (Å²) in [6, 6.07) is 75.0. The summed E-state index contributed by atoms with van der Waals surface area (Å²) in [5.41, 5.74) is 0.810. The van der Waals surface area contributed by atoms with Gasteiger partial charge in [-0.2, -0.15) is 0 Å². The van der Waals surface area contributed by atoms with Crippen LogP contribution < -0.4 is 21.5 Å². The van der Waals surface area contributed by atoms with Gasteiger partial charge in [-0.3, -0.25) is 0 Å². The van der Waals surface area contributed by atoms with Gasteiger partial charge in [0.2, 0.25) is 0 Å². The van der Waals surface area contributed by atoms with E-state index in [1.165, 1.54) is 27.6 Å². The number of carboxylic acids is 1. The first-order chi connectivity index (χ1) is 24.6. The standard InChI is InChI=1S/C9H8O2S.6C6H5.2Sn/c10-9(11)8(12)6-7-4-2-1-3-5-7;6*1-2-4-6-5-3-1;;/h1-6,12H,(H,10,11);6*1-5H;;/q;;;;;;;;+1/p-1/b8-6+;;;;;;;;. The molecule has 0 amide bonds. The third-order valence-corrected chi connectivity index (χ3v) is 23.6. The number of carbonyl (C=O) groups is 1. The average molecular weight is 879 g/mol. The van der Waals surface area contributed by atoms with E-state index in [1.54, 1.807) is 12.1 Å². The fourth-order valence-corrected chi connectivity index (χ4v) is 20.2. The first kappa shape index (κ1) is 36.8. The van der Waals surface area contributed by atoms with E-state index in [9.17, 15) is 4.79 Å². The van der Waals surface area contributed by atoms with Crippen LogP contribution in [0.2, 0.25) is 0 Å². The zero-order chi connectivity index (χ0) is 34.8. The van der Waals surface area contributed by atoms with Crippen LogP contribution in [-0.2, 0) is 17.4 Å². The fourth-order valence-electron chi connectivity index (χ4n) is 5.39. The van der Waals surface area contributed by atoms with Gasteiger partial charge in [0.05, 0.1) is 0 Å². The Bertz CT molecular complexity index is 1700. The summed E-state index contributed by atoms with van der Waals surface area (Å²) in [6.07, 6.45) is 1.46. The van der Waals surface area contributed by atoms with Gasteiger partial charge >= 0.3 is 249 Å². The van der Waals surface area contributed by atoms with Gasteiger partial charge in [0.25, 0.3) is 0 Å². The molecule has 0 aliphatic heterocycles. The predicted molar refractivity (Wildman–Crippen MR) is 217 cm³/mol. The van der Waals surface area contributed by atoms with Crippen molar-refractivity contribution in [3.05, 3.63) is 223 Å². The normalized spacial score (nSPS) is 10.5. The molecule has 0 aliphatic rings. The molecule has 0 unspecified atom stereocenters. The van der Waals surface area contributed by atoms with E-state index in [-0.39, 0.29) is 4.91 Å². The van der Waals surface area contributed by atoms with Crippen molar-refractivity contribution in [2.24, 2.45) is 0 Å². The quantitative estimate of drug-likeness (QED) is 0.115. The molecule has 7 rings (SSSR count). The van der Waals surface area contributed by atoms with E-state index in [1.807, 2.05) is 18.2 Å². The molecule has 0 heterocycles. The van der Waals surface area contributed by atoms with Gasteiger partial charge in [-0.1, -0.05) is 41.3 Å². The third-order valence-electron chi connectivity index (χ3n) is 7.68. The Labute approximate surface area is 315 Å². The van der Waals surface area contributed by atoms with Crippen LogP contribution in [-0.4, -0.2) is 50.6 Å². The maximum absolute atomic E-state index is 10.3. The summed E-state index contributed by atoms with van der Waals surface area (Å²) in [7, 11) is 0. The van der Waals surface area contributed by atoms with Crippen LogP contribution in [0.5, 0.6) is 0 Å². The number of carboxylic acid groups (broad SMARTS) is 1. The SMILES string of the molecule is O=C(O)/C([S-])=C\c1ccccc1.c1cc[c]([Sn+]([c]2ccccc2)[c]2ccccc2)cc1.c1cc[c]([Sn]([c]2ccccc2)[c]2ccccc2)cc1. The molecule has 0 fully saturated rings. The zero-order valence-corrected chi connectivity index (χ0v) is 34.1. The molecule has 2 nitrogen and oxygen atoms in total. The molecule has 243 valence electrons. The third kappa shape index (κ3) is 11.3. The molecular formula is C45H37O2SSn2. The van der Waals surface area contributed by atoms with Crippen LogP contribution in [0.1, 0.15) is 5.56 Å². The zero-order valence-electron chi connectivity index (χ0n) is 27.5. The molecule has 5 heteroatoms. The number of aliphatic carboxylic acids is 1. The Morgan fingerprint density at radius 1 is 0.440 bits per heavy atom. The van der Waals surface area contributed by atoms with Gasteiger partial charge in [-0.05, 0) is 5.56 Å². The molecule has 0 aliphatic carbocycles. The summed E-state index contributed by atoms with van der Waals surface area (Å²) in [5.74, 6) is -1.06. The summed E-state index contributed by atoms with van der Waals surface area (Å²) in [4.78, 5) is 10.3. The predicted octanol–water partition coefficient (Wildman–Crippen LogP) is 6.06. The maximum atomic E-state index is 10.3. The molecule has 0 spiro atoms. The Balaban J connectivity index is 0.000000150. The van der Waals surface area contributed by atoms with E-state index in [2.05, 4.69) is 195 Å². The average Bonchev–Trinajstić information content (AvgIpc) is 3.19. The fraction of sp³-hybridized carbons (Fsp3) is 0. The molecule has 1 N–H and O–H groups in total. The van der Waals surface area contributed by atoms with Crippen molar-refractivity contribution in [2.45, 2.75) is 0 Å². The first-order valence-electron chi connectivity index (χ1n) is 16.3. The molecule has 0 aromatic heterocycles. The molecule has 0 bridgehead atoms. The van der Waals surface area contributed by atoms with Crippen molar-refractivity contribution < 1.29 is 9.90 Å². The topological polar surface area (TPSA) is 37.3 Å². The monoisotopic (exact) mass is 881 g/mol. The Morgan fingerprint density at radius 2 is 0.700 bits per heavy atom. The van der Waals surface area contributed by atoms with Crippen LogP contribution in [0, 0.1) is 0 Å². The van der Waals surface area contributed by atoms with Crippen molar-refractivity contribution in [3.8, 4) is 0 Å². The minimum atomic E-state index is -1.98. The van der Waals surface area contributed by atoms with Gasteiger partial charge in [0.15, 0.2) is 0 Å². The van der Waals surface area contributed by atoms with Crippen LogP contribution in [0.3, 0.4) is 0 Å². The van der Waals surface area contributed by atoms with Crippen molar-refractivity contribution in [1.29, 1.82) is 0 Å². The van der Waals surface area contributed by atoms with Gasteiger partial charge in [-0.15, -0.1) is 0 Å². The van der Waals surface area contributed by atoms with Crippen LogP contribution in [0.25, 0.3) is 6.08 Å². The number of hydrogen-bond acceptors (Lipinski definition) is 2. The molecule has 50 heavy (non-hydrogen) atoms. The van der Waals surface area contributed by atoms with E-state index < -0.39 is 45.5 Å². The van der Waals surface area contributed by atoms with Crippen LogP contribution in [0.4, 0.5) is 0 Å². The van der Waals surface area contributed by atoms with Gasteiger partial charge in [0.1, 0.15) is 0 Å². The summed E-state index contributed by atoms with van der Waals surface area (Å²) in [5, 5.41) is 8.47. The van der Waals surface area contributed by atoms with Gasteiger partial charge < -0.3 is 17.7 Å². The molecule has 0 saturated carbocycles. The van der Waals surface area contributed by atoms with Gasteiger partial charge in [0, 0.05) is 0 Å². The summed E-state index contributed by atoms with van der Waals surface area (Å²) < 4.78 is 9.18. The second-order valence-electron chi connectivity index (χ2n) is 11.2. The second kappa shape index (κ2) is 20.3. The Morgan fingerprint density at radius 3 is 0.980 bits per heavy atom. The van der Waals surface area contributed by atoms with Crippen LogP contribution in [0.15, 0.2) is 217 Å². The number of rotatable bonds is 8. The molecule has 7 aromatic carbocycles. The second-order valence-corrected chi connectivity index (χ2v) is 25.8. The molecular weight excluding hydrogens is 842 g/mol. The van der Waals surface area contributed by atoms with E-state index >= 15 is 0 Å². The van der Waals surface area contributed by atoms with E-state index in [0.29, 0.717) is 0 Å². The van der Waals surface area contributed by atoms with Crippen molar-refractivity contribution in [3.63, 3.8) is 0 Å². The number of benzene rings is 7. The van der Waals surface area contributed by atoms with Crippen molar-refractivity contribution in [1.82, 2.24) is 0 Å². The summed E-state index contributed by atoms with van der Waals surface area (Å²) in [6.45, 7) is 0. The molecule has 1 radical (unpaired) electrons. The Hall–Kier alpha value is -4.43. The first-order valence-corrected chi connectivity index (χ1v) is 25.3. The van der Waals surface area contributed by atoms with Crippen molar-refractivity contribution >= 4 is 85.7 Å². The number of hydrogen-bond donors (Lipinski definition) is 1. The molecule has 0 atom stereocenters. The Kier molecular flexibility index (Phi) is 14.9. The summed E-state index contributed by atoms with van der Waals surface area (Å²) >= 11 is 0.642. The van der Waals surface area contributed by atoms with Crippen molar-refractivity contribution in [2.75, 3.05) is 0 Å². The minimum absolute atomic E-state index is 0.0683. The molecule has 0 saturated heterocycles. The van der Waals surface area contributed by atoms with E-state index in [4.69, 9.17) is 5.11 Å². The van der Waals surface area contributed by atoms with Gasteiger partial charge in [-0.25, -0.2) is 4.79 Å². The molecule has 7 aromatic rings. The van der Waals surface area contributed by atoms with E-state index in [0.717, 1.165) is 5.56 Å². The van der Waals surface area contributed by atoms with Crippen LogP contribution >= 0.6 is 0 Å².